The molecule has 0 aliphatic carbocycles. The lowest BCUT2D eigenvalue weighted by Gasteiger charge is -1.97. The van der Waals surface area contributed by atoms with E-state index in [2.05, 4.69) is 0 Å². The molecule has 0 aromatic heterocycles. The van der Waals surface area contributed by atoms with Gasteiger partial charge in [0.15, 0.2) is 11.5 Å². The largest absolute Gasteiger partial charge is 0.480 e. The van der Waals surface area contributed by atoms with Crippen LogP contribution in [0.15, 0.2) is 18.2 Å². The predicted octanol–water partition coefficient (Wildman–Crippen LogP) is -0.415. The second kappa shape index (κ2) is 6.58. The van der Waals surface area contributed by atoms with Gasteiger partial charge in [-0.3, -0.25) is 9.59 Å². The Kier molecular flexibility index (Phi) is 5.09. The molecule has 2 rings (SSSR count). The van der Waals surface area contributed by atoms with Crippen molar-refractivity contribution in [3.63, 3.8) is 0 Å². The Morgan fingerprint density at radius 3 is 2.61 bits per heavy atom. The molecule has 1 aliphatic rings. The summed E-state index contributed by atoms with van der Waals surface area (Å²) in [7, 11) is 0. The Morgan fingerprint density at radius 2 is 2.11 bits per heavy atom. The number of carbonyl (C=O) groups is 2. The van der Waals surface area contributed by atoms with Crippen molar-refractivity contribution < 1.29 is 24.2 Å². The van der Waals surface area contributed by atoms with Gasteiger partial charge in [-0.2, -0.15) is 0 Å². The quantitative estimate of drug-likeness (QED) is 0.626. The summed E-state index contributed by atoms with van der Waals surface area (Å²) in [5.41, 5.74) is 10.4. The molecule has 1 aromatic carbocycles. The number of carboxylic acid groups (broad SMARTS) is 1. The van der Waals surface area contributed by atoms with E-state index < -0.39 is 12.0 Å². The Morgan fingerprint density at radius 1 is 1.44 bits per heavy atom. The minimum absolute atomic E-state index is 0.00463. The van der Waals surface area contributed by atoms with E-state index in [4.69, 9.17) is 26.0 Å². The van der Waals surface area contributed by atoms with Crippen LogP contribution in [0, 0.1) is 0 Å². The molecule has 98 valence electrons. The zero-order valence-electron chi connectivity index (χ0n) is 9.54. The fraction of sp³-hybridized carbons (Fsp3) is 0.273. The second-order valence-corrected chi connectivity index (χ2v) is 3.41. The maximum atomic E-state index is 10.3. The Balaban J connectivity index is 0.000000203. The number of carboxylic acids is 1. The molecule has 5 N–H and O–H groups in total. The molecule has 0 amide bonds. The Hall–Kier alpha value is -2.12. The lowest BCUT2D eigenvalue weighted by Crippen LogP contribution is -2.37. The third-order valence-electron chi connectivity index (χ3n) is 2.10. The molecular weight excluding hydrogens is 240 g/mol. The van der Waals surface area contributed by atoms with E-state index in [1.165, 1.54) is 0 Å². The fourth-order valence-corrected chi connectivity index (χ4v) is 1.09. The Bertz CT molecular complexity index is 435. The average molecular weight is 254 g/mol. The van der Waals surface area contributed by atoms with Crippen molar-refractivity contribution in [3.05, 3.63) is 23.8 Å². The summed E-state index contributed by atoms with van der Waals surface area (Å²) in [5.74, 6) is 0.299. The van der Waals surface area contributed by atoms with Crippen LogP contribution in [0.3, 0.4) is 0 Å². The lowest BCUT2D eigenvalue weighted by atomic mass is 10.2. The number of nitrogens with two attached hydrogens (primary N) is 2. The number of ether oxygens (including phenoxy) is 2. The van der Waals surface area contributed by atoms with Crippen LogP contribution < -0.4 is 20.9 Å². The molecule has 1 aromatic rings. The topological polar surface area (TPSA) is 125 Å². The molecule has 1 aliphatic heterocycles. The number of rotatable bonds is 3. The van der Waals surface area contributed by atoms with Gasteiger partial charge in [-0.15, -0.1) is 0 Å². The van der Waals surface area contributed by atoms with Gasteiger partial charge >= 0.3 is 5.97 Å². The van der Waals surface area contributed by atoms with Gasteiger partial charge in [0.25, 0.3) is 0 Å². The standard InChI is InChI=1S/C8H6O3.C3H8N2O2/c9-4-6-1-2-7-8(3-6)11-5-10-7;4-1-2(5)3(6)7/h1-4H,5H2;2H,1,4-5H2,(H,6,7)/t;2-/m.0/s1. The smallest absolute Gasteiger partial charge is 0.321 e. The van der Waals surface area contributed by atoms with Gasteiger partial charge in [-0.25, -0.2) is 0 Å². The van der Waals surface area contributed by atoms with E-state index in [9.17, 15) is 9.59 Å². The minimum Gasteiger partial charge on any atom is -0.480 e. The van der Waals surface area contributed by atoms with Crippen molar-refractivity contribution in [2.45, 2.75) is 6.04 Å². The molecule has 0 saturated carbocycles. The van der Waals surface area contributed by atoms with Crippen molar-refractivity contribution >= 4 is 12.3 Å². The first-order valence-corrected chi connectivity index (χ1v) is 5.11. The number of carbonyl (C=O) groups excluding carboxylic acids is 1. The summed E-state index contributed by atoms with van der Waals surface area (Å²) >= 11 is 0. The summed E-state index contributed by atoms with van der Waals surface area (Å²) in [6.07, 6.45) is 0.780. The second-order valence-electron chi connectivity index (χ2n) is 3.41. The first kappa shape index (κ1) is 13.9. The highest BCUT2D eigenvalue weighted by molar-refractivity contribution is 5.76. The molecular formula is C11H14N2O5. The normalized spacial score (nSPS) is 13.2. The van der Waals surface area contributed by atoms with Gasteiger partial charge in [0.2, 0.25) is 6.79 Å². The maximum Gasteiger partial charge on any atom is 0.321 e. The summed E-state index contributed by atoms with van der Waals surface area (Å²) in [4.78, 5) is 20.0. The number of fused-ring (bicyclic) bond motifs is 1. The van der Waals surface area contributed by atoms with Crippen molar-refractivity contribution in [1.82, 2.24) is 0 Å². The summed E-state index contributed by atoms with van der Waals surface area (Å²) < 4.78 is 10.1. The van der Waals surface area contributed by atoms with E-state index in [1.807, 2.05) is 0 Å². The first-order valence-electron chi connectivity index (χ1n) is 5.11. The van der Waals surface area contributed by atoms with Crippen molar-refractivity contribution in [2.75, 3.05) is 13.3 Å². The molecule has 7 nitrogen and oxygen atoms in total. The number of aldehydes is 1. The van der Waals surface area contributed by atoms with E-state index in [-0.39, 0.29) is 13.3 Å². The van der Waals surface area contributed by atoms with Gasteiger partial charge in [-0.1, -0.05) is 0 Å². The highest BCUT2D eigenvalue weighted by atomic mass is 16.7. The predicted molar refractivity (Wildman–Crippen MR) is 62.6 cm³/mol. The summed E-state index contributed by atoms with van der Waals surface area (Å²) in [6.45, 7) is 0.243. The third kappa shape index (κ3) is 3.72. The summed E-state index contributed by atoms with van der Waals surface area (Å²) in [5, 5.41) is 7.98. The minimum atomic E-state index is -1.05. The SMILES string of the molecule is NC[C@H](N)C(=O)O.O=Cc1ccc2c(c1)OCO2. The van der Waals surface area contributed by atoms with Crippen LogP contribution in [0.2, 0.25) is 0 Å². The van der Waals surface area contributed by atoms with Crippen molar-refractivity contribution in [2.24, 2.45) is 11.5 Å². The van der Waals surface area contributed by atoms with Crippen LogP contribution in [-0.4, -0.2) is 36.7 Å². The fourth-order valence-electron chi connectivity index (χ4n) is 1.09. The molecule has 0 spiro atoms. The van der Waals surface area contributed by atoms with Gasteiger partial charge in [0.1, 0.15) is 12.3 Å². The van der Waals surface area contributed by atoms with Gasteiger partial charge < -0.3 is 26.0 Å². The highest BCUT2D eigenvalue weighted by Crippen LogP contribution is 2.31. The Labute approximate surface area is 103 Å². The van der Waals surface area contributed by atoms with Crippen molar-refractivity contribution in [1.29, 1.82) is 0 Å². The van der Waals surface area contributed by atoms with Gasteiger partial charge in [0, 0.05) is 12.1 Å². The molecule has 0 fully saturated rings. The lowest BCUT2D eigenvalue weighted by molar-refractivity contribution is -0.138. The molecule has 1 atom stereocenters. The van der Waals surface area contributed by atoms with E-state index in [0.29, 0.717) is 17.1 Å². The van der Waals surface area contributed by atoms with Gasteiger partial charge in [0.05, 0.1) is 0 Å². The monoisotopic (exact) mass is 254 g/mol. The number of hydrogen-bond donors (Lipinski definition) is 3. The van der Waals surface area contributed by atoms with E-state index in [1.54, 1.807) is 18.2 Å². The number of hydrogen-bond acceptors (Lipinski definition) is 6. The van der Waals surface area contributed by atoms with Crippen LogP contribution in [-0.2, 0) is 4.79 Å². The van der Waals surface area contributed by atoms with Gasteiger partial charge in [-0.05, 0) is 18.2 Å². The molecule has 0 bridgehead atoms. The van der Waals surface area contributed by atoms with Crippen LogP contribution in [0.1, 0.15) is 10.4 Å². The molecule has 7 heteroatoms. The van der Waals surface area contributed by atoms with Crippen LogP contribution in [0.25, 0.3) is 0 Å². The van der Waals surface area contributed by atoms with Crippen LogP contribution in [0.5, 0.6) is 11.5 Å². The first-order chi connectivity index (χ1) is 8.58. The number of aliphatic carboxylic acids is 1. The van der Waals surface area contributed by atoms with Crippen LogP contribution in [0.4, 0.5) is 0 Å². The zero-order valence-corrected chi connectivity index (χ0v) is 9.54. The molecule has 0 radical (unpaired) electrons. The number of benzene rings is 1. The highest BCUT2D eigenvalue weighted by Gasteiger charge is 2.12. The maximum absolute atomic E-state index is 10.3. The van der Waals surface area contributed by atoms with Crippen LogP contribution >= 0.6 is 0 Å². The molecule has 18 heavy (non-hydrogen) atoms. The summed E-state index contributed by atoms with van der Waals surface area (Å²) in [6, 6.07) is 4.18. The van der Waals surface area contributed by atoms with E-state index >= 15 is 0 Å². The van der Waals surface area contributed by atoms with E-state index in [0.717, 1.165) is 6.29 Å². The molecule has 0 unspecified atom stereocenters. The average Bonchev–Trinajstić information content (AvgIpc) is 2.85. The van der Waals surface area contributed by atoms with Crippen molar-refractivity contribution in [3.8, 4) is 11.5 Å². The molecule has 1 heterocycles. The third-order valence-corrected chi connectivity index (χ3v) is 2.10. The zero-order chi connectivity index (χ0) is 13.5. The molecule has 0 saturated heterocycles.